The lowest BCUT2D eigenvalue weighted by molar-refractivity contribution is -0.144. The summed E-state index contributed by atoms with van der Waals surface area (Å²) < 4.78 is 10.4. The molecule has 0 heterocycles. The van der Waals surface area contributed by atoms with Crippen LogP contribution in [0.1, 0.15) is 103 Å². The molecule has 0 amide bonds. The minimum absolute atomic E-state index is 0.122. The van der Waals surface area contributed by atoms with E-state index in [4.69, 9.17) is 32.7 Å². The van der Waals surface area contributed by atoms with E-state index in [0.29, 0.717) is 18.1 Å². The van der Waals surface area contributed by atoms with Crippen molar-refractivity contribution < 1.29 is 19.1 Å². The first-order chi connectivity index (χ1) is 15.0. The van der Waals surface area contributed by atoms with Gasteiger partial charge in [-0.05, 0) is 25.0 Å². The van der Waals surface area contributed by atoms with Crippen molar-refractivity contribution in [3.8, 4) is 5.75 Å². The van der Waals surface area contributed by atoms with Gasteiger partial charge in [-0.3, -0.25) is 9.59 Å². The zero-order valence-corrected chi connectivity index (χ0v) is 20.4. The van der Waals surface area contributed by atoms with Crippen molar-refractivity contribution >= 4 is 35.1 Å². The number of carbonyl (C=O) groups excluding carboxylic acids is 2. The lowest BCUT2D eigenvalue weighted by atomic mass is 10.1. The molecule has 1 rings (SSSR count). The van der Waals surface area contributed by atoms with Crippen LogP contribution in [-0.2, 0) is 14.3 Å². The number of halogens is 2. The summed E-state index contributed by atoms with van der Waals surface area (Å²) in [6, 6.07) is 4.85. The fraction of sp³-hybridized carbons (Fsp3) is 0.680. The Bertz CT molecular complexity index is 634. The first-order valence-electron chi connectivity index (χ1n) is 11.8. The average molecular weight is 473 g/mol. The number of unbranched alkanes of at least 4 members (excludes halogenated alkanes) is 11. The molecule has 1 aromatic rings. The molecule has 176 valence electrons. The Morgan fingerprint density at radius 1 is 0.742 bits per heavy atom. The van der Waals surface area contributed by atoms with E-state index in [1.54, 1.807) is 18.2 Å². The van der Waals surface area contributed by atoms with Crippen molar-refractivity contribution in [2.24, 2.45) is 0 Å². The van der Waals surface area contributed by atoms with Crippen LogP contribution in [0.3, 0.4) is 0 Å². The lowest BCUT2D eigenvalue weighted by Gasteiger charge is -2.07. The predicted octanol–water partition coefficient (Wildman–Crippen LogP) is 8.31. The number of rotatable bonds is 18. The SMILES string of the molecule is CCCCCCCCCCCCCCOC(=O)CCCC(=O)Oc1cccc(Cl)c1Cl. The standard InChI is InChI=1S/C25H38Cl2O4/c1-2-3-4-5-6-7-8-9-10-11-12-13-20-30-23(28)18-15-19-24(29)31-22-17-14-16-21(26)25(22)27/h14,16-17H,2-13,15,18-20H2,1H3. The van der Waals surface area contributed by atoms with Gasteiger partial charge in [-0.15, -0.1) is 0 Å². The topological polar surface area (TPSA) is 52.6 Å². The Balaban J connectivity index is 1.92. The number of ether oxygens (including phenoxy) is 2. The Labute approximate surface area is 198 Å². The van der Waals surface area contributed by atoms with Gasteiger partial charge in [0.15, 0.2) is 5.75 Å². The van der Waals surface area contributed by atoms with Gasteiger partial charge in [0.1, 0.15) is 5.02 Å². The molecular formula is C25H38Cl2O4. The molecule has 0 unspecified atom stereocenters. The van der Waals surface area contributed by atoms with Gasteiger partial charge in [0.2, 0.25) is 0 Å². The molecule has 6 heteroatoms. The molecule has 4 nitrogen and oxygen atoms in total. The quantitative estimate of drug-likeness (QED) is 0.122. The van der Waals surface area contributed by atoms with Gasteiger partial charge in [-0.25, -0.2) is 0 Å². The smallest absolute Gasteiger partial charge is 0.311 e. The van der Waals surface area contributed by atoms with E-state index in [0.717, 1.165) is 12.8 Å². The molecule has 0 aliphatic carbocycles. The van der Waals surface area contributed by atoms with Crippen molar-refractivity contribution in [3.05, 3.63) is 28.2 Å². The van der Waals surface area contributed by atoms with Gasteiger partial charge in [0, 0.05) is 12.8 Å². The highest BCUT2D eigenvalue weighted by atomic mass is 35.5. The van der Waals surface area contributed by atoms with E-state index in [2.05, 4.69) is 6.92 Å². The number of esters is 2. The second-order valence-corrected chi connectivity index (χ2v) is 8.77. The molecule has 0 N–H and O–H groups in total. The Morgan fingerprint density at radius 2 is 1.29 bits per heavy atom. The number of benzene rings is 1. The van der Waals surface area contributed by atoms with Crippen molar-refractivity contribution in [1.82, 2.24) is 0 Å². The molecule has 0 aliphatic rings. The third-order valence-electron chi connectivity index (χ3n) is 5.16. The normalized spacial score (nSPS) is 10.8. The largest absolute Gasteiger partial charge is 0.466 e. The number of hydrogen-bond donors (Lipinski definition) is 0. The molecule has 0 bridgehead atoms. The van der Waals surface area contributed by atoms with Gasteiger partial charge in [0.05, 0.1) is 11.6 Å². The molecule has 0 saturated heterocycles. The van der Waals surface area contributed by atoms with E-state index in [-0.39, 0.29) is 29.6 Å². The van der Waals surface area contributed by atoms with Gasteiger partial charge < -0.3 is 9.47 Å². The second-order valence-electron chi connectivity index (χ2n) is 7.99. The fourth-order valence-corrected chi connectivity index (χ4v) is 3.65. The van der Waals surface area contributed by atoms with E-state index in [9.17, 15) is 9.59 Å². The molecule has 0 radical (unpaired) electrons. The summed E-state index contributed by atoms with van der Waals surface area (Å²) in [4.78, 5) is 23.6. The minimum Gasteiger partial charge on any atom is -0.466 e. The van der Waals surface area contributed by atoms with Crippen molar-refractivity contribution in [2.45, 2.75) is 103 Å². The van der Waals surface area contributed by atoms with E-state index in [1.807, 2.05) is 0 Å². The number of carbonyl (C=O) groups is 2. The maximum absolute atomic E-state index is 11.9. The highest BCUT2D eigenvalue weighted by molar-refractivity contribution is 6.43. The zero-order chi connectivity index (χ0) is 22.7. The average Bonchev–Trinajstić information content (AvgIpc) is 2.74. The van der Waals surface area contributed by atoms with Crippen LogP contribution in [0, 0.1) is 0 Å². The van der Waals surface area contributed by atoms with Crippen molar-refractivity contribution in [2.75, 3.05) is 6.61 Å². The minimum atomic E-state index is -0.446. The monoisotopic (exact) mass is 472 g/mol. The molecule has 0 saturated carbocycles. The van der Waals surface area contributed by atoms with Crippen LogP contribution < -0.4 is 4.74 Å². The maximum atomic E-state index is 11.9. The zero-order valence-electron chi connectivity index (χ0n) is 18.9. The molecule has 0 spiro atoms. The van der Waals surface area contributed by atoms with Crippen LogP contribution in [0.5, 0.6) is 5.75 Å². The Kier molecular flexibility index (Phi) is 16.4. The predicted molar refractivity (Wildman–Crippen MR) is 128 cm³/mol. The van der Waals surface area contributed by atoms with E-state index >= 15 is 0 Å². The Hall–Kier alpha value is -1.26. The third kappa shape index (κ3) is 14.4. The highest BCUT2D eigenvalue weighted by Crippen LogP contribution is 2.31. The molecule has 0 atom stereocenters. The summed E-state index contributed by atoms with van der Waals surface area (Å²) in [5.41, 5.74) is 0. The summed E-state index contributed by atoms with van der Waals surface area (Å²) >= 11 is 11.9. The second kappa shape index (κ2) is 18.3. The van der Waals surface area contributed by atoms with Crippen LogP contribution in [0.2, 0.25) is 10.0 Å². The van der Waals surface area contributed by atoms with Crippen LogP contribution in [0.15, 0.2) is 18.2 Å². The van der Waals surface area contributed by atoms with Crippen molar-refractivity contribution in [1.29, 1.82) is 0 Å². The molecular weight excluding hydrogens is 435 g/mol. The summed E-state index contributed by atoms with van der Waals surface area (Å²) in [6.07, 6.45) is 16.0. The van der Waals surface area contributed by atoms with E-state index < -0.39 is 5.97 Å². The van der Waals surface area contributed by atoms with Gasteiger partial charge in [-0.1, -0.05) is 107 Å². The van der Waals surface area contributed by atoms with Gasteiger partial charge in [-0.2, -0.15) is 0 Å². The highest BCUT2D eigenvalue weighted by Gasteiger charge is 2.12. The molecule has 0 aromatic heterocycles. The van der Waals surface area contributed by atoms with Crippen LogP contribution in [-0.4, -0.2) is 18.5 Å². The van der Waals surface area contributed by atoms with Gasteiger partial charge >= 0.3 is 11.9 Å². The lowest BCUT2D eigenvalue weighted by Crippen LogP contribution is -2.10. The summed E-state index contributed by atoms with van der Waals surface area (Å²) in [5, 5.41) is 0.535. The molecule has 1 aromatic carbocycles. The van der Waals surface area contributed by atoms with Gasteiger partial charge in [0.25, 0.3) is 0 Å². The van der Waals surface area contributed by atoms with E-state index in [1.165, 1.54) is 64.2 Å². The molecule has 0 aliphatic heterocycles. The van der Waals surface area contributed by atoms with Crippen LogP contribution in [0.25, 0.3) is 0 Å². The molecule has 0 fully saturated rings. The molecule has 31 heavy (non-hydrogen) atoms. The summed E-state index contributed by atoms with van der Waals surface area (Å²) in [7, 11) is 0. The first kappa shape index (κ1) is 27.8. The number of hydrogen-bond acceptors (Lipinski definition) is 4. The van der Waals surface area contributed by atoms with Crippen LogP contribution >= 0.6 is 23.2 Å². The third-order valence-corrected chi connectivity index (χ3v) is 5.96. The van der Waals surface area contributed by atoms with Crippen LogP contribution in [0.4, 0.5) is 0 Å². The fourth-order valence-electron chi connectivity index (χ4n) is 3.31. The maximum Gasteiger partial charge on any atom is 0.311 e. The van der Waals surface area contributed by atoms with Crippen molar-refractivity contribution in [3.63, 3.8) is 0 Å². The first-order valence-corrected chi connectivity index (χ1v) is 12.6. The Morgan fingerprint density at radius 3 is 1.90 bits per heavy atom. The summed E-state index contributed by atoms with van der Waals surface area (Å²) in [5.74, 6) is -0.483. The summed E-state index contributed by atoms with van der Waals surface area (Å²) in [6.45, 7) is 2.71.